The molecule has 1 atom stereocenters. The van der Waals surface area contributed by atoms with E-state index in [0.29, 0.717) is 6.42 Å². The molecule has 2 aromatic heterocycles. The maximum absolute atomic E-state index is 12.4. The van der Waals surface area contributed by atoms with Crippen LogP contribution in [0.5, 0.6) is 0 Å². The van der Waals surface area contributed by atoms with Crippen molar-refractivity contribution in [3.63, 3.8) is 0 Å². The zero-order valence-electron chi connectivity index (χ0n) is 11.0. The molecule has 2 heterocycles. The number of hydrogen-bond donors (Lipinski definition) is 0. The molecule has 1 unspecified atom stereocenters. The molecule has 20 heavy (non-hydrogen) atoms. The summed E-state index contributed by atoms with van der Waals surface area (Å²) in [6.45, 7) is 1.87. The molecule has 0 saturated carbocycles. The SMILES string of the molecule is CC(Cc1cccs1)N(C)S(=O)(=O)c1cnc(Cl)nc1. The third-order valence-corrected chi connectivity index (χ3v) is 5.99. The van der Waals surface area contributed by atoms with Crippen LogP contribution in [0.3, 0.4) is 0 Å². The van der Waals surface area contributed by atoms with Gasteiger partial charge in [0.2, 0.25) is 15.3 Å². The first-order valence-electron chi connectivity index (χ1n) is 5.89. The summed E-state index contributed by atoms with van der Waals surface area (Å²) in [5, 5.41) is 2.00. The van der Waals surface area contributed by atoms with E-state index in [4.69, 9.17) is 11.6 Å². The first kappa shape index (κ1) is 15.4. The Hall–Kier alpha value is -1.02. The average Bonchev–Trinajstić information content (AvgIpc) is 2.91. The highest BCUT2D eigenvalue weighted by molar-refractivity contribution is 7.89. The molecule has 0 amide bonds. The lowest BCUT2D eigenvalue weighted by Crippen LogP contribution is -2.36. The highest BCUT2D eigenvalue weighted by Crippen LogP contribution is 2.19. The number of aromatic nitrogens is 2. The first-order valence-corrected chi connectivity index (χ1v) is 8.59. The van der Waals surface area contributed by atoms with Gasteiger partial charge in [0.25, 0.3) is 0 Å². The number of thiophene rings is 1. The third-order valence-electron chi connectivity index (χ3n) is 2.97. The molecule has 0 N–H and O–H groups in total. The zero-order valence-corrected chi connectivity index (χ0v) is 13.4. The van der Waals surface area contributed by atoms with Crippen molar-refractivity contribution in [1.29, 1.82) is 0 Å². The van der Waals surface area contributed by atoms with Crippen molar-refractivity contribution in [2.24, 2.45) is 0 Å². The van der Waals surface area contributed by atoms with Crippen LogP contribution >= 0.6 is 22.9 Å². The second kappa shape index (κ2) is 6.17. The molecular formula is C12H14ClN3O2S2. The first-order chi connectivity index (χ1) is 9.41. The maximum Gasteiger partial charge on any atom is 0.246 e. The van der Waals surface area contributed by atoms with Gasteiger partial charge in [-0.1, -0.05) is 6.07 Å². The van der Waals surface area contributed by atoms with Crippen LogP contribution in [0.15, 0.2) is 34.8 Å². The molecule has 5 nitrogen and oxygen atoms in total. The van der Waals surface area contributed by atoms with E-state index in [-0.39, 0.29) is 16.2 Å². The Morgan fingerprint density at radius 3 is 2.60 bits per heavy atom. The minimum absolute atomic E-state index is 0.0261. The van der Waals surface area contributed by atoms with Gasteiger partial charge in [-0.15, -0.1) is 11.3 Å². The lowest BCUT2D eigenvalue weighted by Gasteiger charge is -2.23. The van der Waals surface area contributed by atoms with E-state index in [9.17, 15) is 8.42 Å². The molecule has 0 saturated heterocycles. The van der Waals surface area contributed by atoms with Crippen LogP contribution in [0, 0.1) is 0 Å². The van der Waals surface area contributed by atoms with E-state index in [1.54, 1.807) is 18.4 Å². The smallest absolute Gasteiger partial charge is 0.225 e. The molecule has 0 aliphatic rings. The molecule has 0 aromatic carbocycles. The van der Waals surface area contributed by atoms with Gasteiger partial charge in [-0.25, -0.2) is 18.4 Å². The number of hydrogen-bond acceptors (Lipinski definition) is 5. The van der Waals surface area contributed by atoms with Gasteiger partial charge in [-0.05, 0) is 36.4 Å². The Labute approximate surface area is 127 Å². The normalized spacial score (nSPS) is 13.6. The summed E-state index contributed by atoms with van der Waals surface area (Å²) in [7, 11) is -2.05. The van der Waals surface area contributed by atoms with Crippen molar-refractivity contribution in [3.8, 4) is 0 Å². The van der Waals surface area contributed by atoms with Crippen LogP contribution in [-0.2, 0) is 16.4 Å². The molecule has 0 radical (unpaired) electrons. The van der Waals surface area contributed by atoms with E-state index in [2.05, 4.69) is 9.97 Å². The molecule has 0 bridgehead atoms. The Morgan fingerprint density at radius 1 is 1.40 bits per heavy atom. The van der Waals surface area contributed by atoms with E-state index >= 15 is 0 Å². The van der Waals surface area contributed by atoms with Crippen molar-refractivity contribution < 1.29 is 8.42 Å². The number of likely N-dealkylation sites (N-methyl/N-ethyl adjacent to an activating group) is 1. The molecule has 0 aliphatic heterocycles. The molecule has 2 rings (SSSR count). The van der Waals surface area contributed by atoms with Crippen molar-refractivity contribution in [2.45, 2.75) is 24.3 Å². The van der Waals surface area contributed by atoms with Crippen LogP contribution in [0.4, 0.5) is 0 Å². The Balaban J connectivity index is 2.18. The predicted octanol–water partition coefficient (Wildman–Crippen LogP) is 2.44. The predicted molar refractivity (Wildman–Crippen MR) is 79.5 cm³/mol. The van der Waals surface area contributed by atoms with Crippen molar-refractivity contribution in [2.75, 3.05) is 7.05 Å². The highest BCUT2D eigenvalue weighted by atomic mass is 35.5. The monoisotopic (exact) mass is 331 g/mol. The maximum atomic E-state index is 12.4. The van der Waals surface area contributed by atoms with E-state index in [1.807, 2.05) is 24.4 Å². The number of nitrogens with zero attached hydrogens (tertiary/aromatic N) is 3. The summed E-state index contributed by atoms with van der Waals surface area (Å²) in [5.74, 6) is 0. The summed E-state index contributed by atoms with van der Waals surface area (Å²) in [4.78, 5) is 8.62. The number of halogens is 1. The summed E-state index contributed by atoms with van der Waals surface area (Å²) >= 11 is 7.18. The minimum Gasteiger partial charge on any atom is -0.225 e. The number of rotatable bonds is 5. The average molecular weight is 332 g/mol. The fraction of sp³-hybridized carbons (Fsp3) is 0.333. The summed E-state index contributed by atoms with van der Waals surface area (Å²) < 4.78 is 26.2. The van der Waals surface area contributed by atoms with Crippen LogP contribution in [0.2, 0.25) is 5.28 Å². The zero-order chi connectivity index (χ0) is 14.8. The molecule has 0 fully saturated rings. The van der Waals surface area contributed by atoms with Gasteiger partial charge in [0.1, 0.15) is 4.90 Å². The van der Waals surface area contributed by atoms with Crippen LogP contribution < -0.4 is 0 Å². The lowest BCUT2D eigenvalue weighted by molar-refractivity contribution is 0.388. The quantitative estimate of drug-likeness (QED) is 0.789. The molecule has 8 heteroatoms. The Kier molecular flexibility index (Phi) is 4.74. The highest BCUT2D eigenvalue weighted by Gasteiger charge is 2.26. The molecule has 0 aliphatic carbocycles. The van der Waals surface area contributed by atoms with E-state index in [1.165, 1.54) is 16.7 Å². The van der Waals surface area contributed by atoms with Gasteiger partial charge < -0.3 is 0 Å². The van der Waals surface area contributed by atoms with Crippen molar-refractivity contribution >= 4 is 33.0 Å². The molecule has 108 valence electrons. The number of sulfonamides is 1. The van der Waals surface area contributed by atoms with Crippen molar-refractivity contribution in [3.05, 3.63) is 40.1 Å². The minimum atomic E-state index is -3.60. The second-order valence-electron chi connectivity index (χ2n) is 4.34. The third kappa shape index (κ3) is 3.35. The Morgan fingerprint density at radius 2 is 2.05 bits per heavy atom. The van der Waals surface area contributed by atoms with Gasteiger partial charge in [-0.3, -0.25) is 0 Å². The topological polar surface area (TPSA) is 63.2 Å². The van der Waals surface area contributed by atoms with Crippen molar-refractivity contribution in [1.82, 2.24) is 14.3 Å². The summed E-state index contributed by atoms with van der Waals surface area (Å²) in [6, 6.07) is 3.79. The van der Waals surface area contributed by atoms with Crippen LogP contribution in [0.25, 0.3) is 0 Å². The van der Waals surface area contributed by atoms with Crippen LogP contribution in [-0.4, -0.2) is 35.8 Å². The summed E-state index contributed by atoms with van der Waals surface area (Å²) in [6.07, 6.45) is 3.11. The summed E-state index contributed by atoms with van der Waals surface area (Å²) in [5.41, 5.74) is 0. The van der Waals surface area contributed by atoms with E-state index < -0.39 is 10.0 Å². The fourth-order valence-corrected chi connectivity index (χ4v) is 3.86. The fourth-order valence-electron chi connectivity index (χ4n) is 1.69. The van der Waals surface area contributed by atoms with Gasteiger partial charge >= 0.3 is 0 Å². The van der Waals surface area contributed by atoms with Gasteiger partial charge in [0.05, 0.1) is 12.4 Å². The Bertz CT molecular complexity index is 657. The largest absolute Gasteiger partial charge is 0.246 e. The van der Waals surface area contributed by atoms with E-state index in [0.717, 1.165) is 4.88 Å². The van der Waals surface area contributed by atoms with Gasteiger partial charge in [-0.2, -0.15) is 4.31 Å². The van der Waals surface area contributed by atoms with Gasteiger partial charge in [0.15, 0.2) is 0 Å². The second-order valence-corrected chi connectivity index (χ2v) is 7.71. The molecule has 0 spiro atoms. The van der Waals surface area contributed by atoms with Crippen LogP contribution in [0.1, 0.15) is 11.8 Å². The standard InChI is InChI=1S/C12H14ClN3O2S2/c1-9(6-10-4-3-5-19-10)16(2)20(17,18)11-7-14-12(13)15-8-11/h3-5,7-9H,6H2,1-2H3. The molecular weight excluding hydrogens is 318 g/mol. The molecule has 2 aromatic rings. The lowest BCUT2D eigenvalue weighted by atomic mass is 10.2. The van der Waals surface area contributed by atoms with Gasteiger partial charge in [0, 0.05) is 18.0 Å².